The molecule has 0 heterocycles. The van der Waals surface area contributed by atoms with Crippen LogP contribution in [0.2, 0.25) is 0 Å². The molecule has 0 rings (SSSR count). The topological polar surface area (TPSA) is 17.1 Å². The van der Waals surface area contributed by atoms with E-state index >= 15 is 0 Å². The van der Waals surface area contributed by atoms with Crippen LogP contribution in [0.25, 0.3) is 0 Å². The van der Waals surface area contributed by atoms with Gasteiger partial charge in [-0.2, -0.15) is 0 Å². The van der Waals surface area contributed by atoms with Crippen molar-refractivity contribution in [1.82, 2.24) is 0 Å². The van der Waals surface area contributed by atoms with Gasteiger partial charge in [-0.1, -0.05) is 74.8 Å². The lowest BCUT2D eigenvalue weighted by Gasteiger charge is -1.96. The summed E-state index contributed by atoms with van der Waals surface area (Å²) in [5, 5.41) is 0. The zero-order valence-corrected chi connectivity index (χ0v) is 12.2. The van der Waals surface area contributed by atoms with Gasteiger partial charge in [0.05, 0.1) is 0 Å². The van der Waals surface area contributed by atoms with Gasteiger partial charge >= 0.3 is 0 Å². The molecule has 0 saturated carbocycles. The SMILES string of the molecule is CC/C=C/C=C/C=C/C=C/CCCCCCC[C]=O. The van der Waals surface area contributed by atoms with E-state index in [0.717, 1.165) is 25.7 Å². The summed E-state index contributed by atoms with van der Waals surface area (Å²) >= 11 is 0. The first-order valence-electron chi connectivity index (χ1n) is 7.41. The smallest absolute Gasteiger partial charge is 0.198 e. The Hall–Kier alpha value is -1.37. The molecule has 0 saturated heterocycles. The molecule has 0 aromatic carbocycles. The standard InChI is InChI=1S/C18H27O/c1-2-3-4-5-6-7-8-9-10-11-12-13-14-15-16-17-18-19/h3-10H,2,11-17H2,1H3/b4-3+,6-5+,8-7+,10-9+. The highest BCUT2D eigenvalue weighted by Gasteiger charge is 1.89. The van der Waals surface area contributed by atoms with E-state index in [-0.39, 0.29) is 0 Å². The first-order valence-corrected chi connectivity index (χ1v) is 7.41. The van der Waals surface area contributed by atoms with Gasteiger partial charge in [-0.3, -0.25) is 4.79 Å². The monoisotopic (exact) mass is 259 g/mol. The van der Waals surface area contributed by atoms with Crippen LogP contribution in [-0.2, 0) is 4.79 Å². The van der Waals surface area contributed by atoms with Crippen molar-refractivity contribution in [2.75, 3.05) is 0 Å². The molecule has 0 aliphatic carbocycles. The van der Waals surface area contributed by atoms with Crippen molar-refractivity contribution in [3.63, 3.8) is 0 Å². The quantitative estimate of drug-likeness (QED) is 0.336. The van der Waals surface area contributed by atoms with Gasteiger partial charge in [0.2, 0.25) is 0 Å². The third-order valence-corrected chi connectivity index (χ3v) is 2.71. The second-order valence-electron chi connectivity index (χ2n) is 4.49. The summed E-state index contributed by atoms with van der Waals surface area (Å²) in [6.07, 6.45) is 27.4. The summed E-state index contributed by atoms with van der Waals surface area (Å²) in [7, 11) is 0. The Morgan fingerprint density at radius 3 is 2.00 bits per heavy atom. The molecule has 0 fully saturated rings. The van der Waals surface area contributed by atoms with E-state index < -0.39 is 0 Å². The molecule has 0 bridgehead atoms. The number of carbonyl (C=O) groups excluding carboxylic acids is 1. The third kappa shape index (κ3) is 16.6. The van der Waals surface area contributed by atoms with Crippen LogP contribution >= 0.6 is 0 Å². The molecule has 0 spiro atoms. The molecular formula is C18H27O. The van der Waals surface area contributed by atoms with Crippen LogP contribution in [0.4, 0.5) is 0 Å². The van der Waals surface area contributed by atoms with Gasteiger partial charge in [-0.05, 0) is 25.7 Å². The minimum atomic E-state index is 0.603. The van der Waals surface area contributed by atoms with Gasteiger partial charge < -0.3 is 0 Å². The summed E-state index contributed by atoms with van der Waals surface area (Å²) < 4.78 is 0. The number of hydrogen-bond acceptors (Lipinski definition) is 1. The fraction of sp³-hybridized carbons (Fsp3) is 0.500. The Morgan fingerprint density at radius 1 is 0.737 bits per heavy atom. The summed E-state index contributed by atoms with van der Waals surface area (Å²) in [4.78, 5) is 9.99. The fourth-order valence-corrected chi connectivity index (χ4v) is 1.64. The number of rotatable bonds is 12. The molecule has 1 radical (unpaired) electrons. The van der Waals surface area contributed by atoms with Crippen molar-refractivity contribution in [2.45, 2.75) is 58.3 Å². The molecule has 19 heavy (non-hydrogen) atoms. The maximum atomic E-state index is 9.99. The first kappa shape index (κ1) is 17.6. The van der Waals surface area contributed by atoms with Gasteiger partial charge in [0.1, 0.15) is 0 Å². The number of unbranched alkanes of at least 4 members (excludes halogenated alkanes) is 6. The van der Waals surface area contributed by atoms with Crippen LogP contribution in [0.15, 0.2) is 48.6 Å². The molecule has 0 aromatic heterocycles. The first-order chi connectivity index (χ1) is 9.41. The molecule has 0 aliphatic rings. The molecule has 105 valence electrons. The molecule has 0 atom stereocenters. The Labute approximate surface area is 118 Å². The lowest BCUT2D eigenvalue weighted by Crippen LogP contribution is -1.79. The Balaban J connectivity index is 3.33. The van der Waals surface area contributed by atoms with Gasteiger partial charge in [0.25, 0.3) is 0 Å². The largest absolute Gasteiger partial charge is 0.291 e. The van der Waals surface area contributed by atoms with Crippen molar-refractivity contribution in [3.05, 3.63) is 48.6 Å². The van der Waals surface area contributed by atoms with Crippen molar-refractivity contribution in [1.29, 1.82) is 0 Å². The molecule has 0 N–H and O–H groups in total. The summed E-state index contributed by atoms with van der Waals surface area (Å²) in [5.74, 6) is 0. The van der Waals surface area contributed by atoms with E-state index in [4.69, 9.17) is 0 Å². The second-order valence-corrected chi connectivity index (χ2v) is 4.49. The highest BCUT2D eigenvalue weighted by molar-refractivity contribution is 5.50. The van der Waals surface area contributed by atoms with Crippen LogP contribution in [-0.4, -0.2) is 6.29 Å². The van der Waals surface area contributed by atoms with Crippen LogP contribution in [0.5, 0.6) is 0 Å². The van der Waals surface area contributed by atoms with E-state index in [9.17, 15) is 4.79 Å². The Bertz CT molecular complexity index is 295. The Morgan fingerprint density at radius 2 is 1.32 bits per heavy atom. The zero-order valence-electron chi connectivity index (χ0n) is 12.2. The van der Waals surface area contributed by atoms with Gasteiger partial charge in [-0.25, -0.2) is 0 Å². The van der Waals surface area contributed by atoms with E-state index in [0.29, 0.717) is 6.42 Å². The van der Waals surface area contributed by atoms with Crippen molar-refractivity contribution < 1.29 is 4.79 Å². The lowest BCUT2D eigenvalue weighted by atomic mass is 10.1. The van der Waals surface area contributed by atoms with Crippen molar-refractivity contribution in [2.24, 2.45) is 0 Å². The van der Waals surface area contributed by atoms with E-state index in [1.54, 1.807) is 0 Å². The predicted molar refractivity (Wildman–Crippen MR) is 84.9 cm³/mol. The molecule has 0 aliphatic heterocycles. The second kappa shape index (κ2) is 16.6. The van der Waals surface area contributed by atoms with Crippen LogP contribution in [0, 0.1) is 0 Å². The number of hydrogen-bond donors (Lipinski definition) is 0. The van der Waals surface area contributed by atoms with Crippen LogP contribution in [0.3, 0.4) is 0 Å². The zero-order chi connectivity index (χ0) is 14.0. The molecule has 0 aromatic rings. The van der Waals surface area contributed by atoms with Gasteiger partial charge in [0.15, 0.2) is 6.29 Å². The van der Waals surface area contributed by atoms with Crippen LogP contribution < -0.4 is 0 Å². The predicted octanol–water partition coefficient (Wildman–Crippen LogP) is 5.46. The average Bonchev–Trinajstić information content (AvgIpc) is 2.43. The minimum absolute atomic E-state index is 0.603. The highest BCUT2D eigenvalue weighted by Crippen LogP contribution is 2.06. The molecule has 1 heteroatoms. The van der Waals surface area contributed by atoms with E-state index in [1.165, 1.54) is 19.3 Å². The molecule has 0 amide bonds. The highest BCUT2D eigenvalue weighted by atomic mass is 16.1. The maximum absolute atomic E-state index is 9.99. The molecule has 0 unspecified atom stereocenters. The van der Waals surface area contributed by atoms with Crippen LogP contribution in [0.1, 0.15) is 58.3 Å². The molecular weight excluding hydrogens is 232 g/mol. The third-order valence-electron chi connectivity index (χ3n) is 2.71. The summed E-state index contributed by atoms with van der Waals surface area (Å²) in [6.45, 7) is 2.13. The van der Waals surface area contributed by atoms with Gasteiger partial charge in [0, 0.05) is 6.42 Å². The fourth-order valence-electron chi connectivity index (χ4n) is 1.64. The maximum Gasteiger partial charge on any atom is 0.198 e. The van der Waals surface area contributed by atoms with E-state index in [1.807, 2.05) is 24.5 Å². The van der Waals surface area contributed by atoms with Crippen molar-refractivity contribution in [3.8, 4) is 0 Å². The van der Waals surface area contributed by atoms with E-state index in [2.05, 4.69) is 37.3 Å². The minimum Gasteiger partial charge on any atom is -0.291 e. The molecule has 1 nitrogen and oxygen atoms in total. The van der Waals surface area contributed by atoms with Crippen molar-refractivity contribution >= 4 is 6.29 Å². The lowest BCUT2D eigenvalue weighted by molar-refractivity contribution is 0.542. The van der Waals surface area contributed by atoms with Gasteiger partial charge in [-0.15, -0.1) is 0 Å². The Kier molecular flexibility index (Phi) is 15.4. The summed E-state index contributed by atoms with van der Waals surface area (Å²) in [5.41, 5.74) is 0. The average molecular weight is 259 g/mol. The normalized spacial score (nSPS) is 12.5. The number of allylic oxidation sites excluding steroid dienone is 8. The summed E-state index contributed by atoms with van der Waals surface area (Å²) in [6, 6.07) is 0.